The Morgan fingerprint density at radius 2 is 1.71 bits per heavy atom. The van der Waals surface area contributed by atoms with Gasteiger partial charge in [-0.05, 0) is 20.3 Å². The quantitative estimate of drug-likeness (QED) is 0.684. The molecule has 4 nitrogen and oxygen atoms in total. The molecule has 5 heteroatoms. The third-order valence-electron chi connectivity index (χ3n) is 2.91. The summed E-state index contributed by atoms with van der Waals surface area (Å²) in [4.78, 5) is 13.7. The molecular formula is C12H22ClNO3. The lowest BCUT2D eigenvalue weighted by Gasteiger charge is -2.18. The molecule has 0 radical (unpaired) electrons. The van der Waals surface area contributed by atoms with Gasteiger partial charge in [0.1, 0.15) is 17.6 Å². The van der Waals surface area contributed by atoms with Crippen LogP contribution in [0.3, 0.4) is 0 Å². The van der Waals surface area contributed by atoms with Crippen molar-refractivity contribution < 1.29 is 14.3 Å². The molecular weight excluding hydrogens is 242 g/mol. The molecule has 1 aliphatic heterocycles. The molecule has 0 spiro atoms. The Morgan fingerprint density at radius 3 is 2.06 bits per heavy atom. The predicted octanol–water partition coefficient (Wildman–Crippen LogP) is 1.66. The van der Waals surface area contributed by atoms with Crippen LogP contribution in [0.2, 0.25) is 0 Å². The van der Waals surface area contributed by atoms with Crippen LogP contribution < -0.4 is 0 Å². The molecule has 1 heterocycles. The molecule has 1 amide bonds. The van der Waals surface area contributed by atoms with E-state index in [4.69, 9.17) is 21.1 Å². The van der Waals surface area contributed by atoms with Crippen molar-refractivity contribution in [1.29, 1.82) is 0 Å². The van der Waals surface area contributed by atoms with Crippen LogP contribution in [0.1, 0.15) is 27.2 Å². The highest BCUT2D eigenvalue weighted by Gasteiger charge is 2.37. The third-order valence-corrected chi connectivity index (χ3v) is 3.41. The normalized spacial score (nSPS) is 26.2. The van der Waals surface area contributed by atoms with Crippen LogP contribution in [0.25, 0.3) is 0 Å². The lowest BCUT2D eigenvalue weighted by atomic mass is 10.2. The Labute approximate surface area is 108 Å². The first-order valence-corrected chi connectivity index (χ1v) is 6.73. The summed E-state index contributed by atoms with van der Waals surface area (Å²) in [6.07, 6.45) is 0.601. The molecule has 0 saturated carbocycles. The fourth-order valence-corrected chi connectivity index (χ4v) is 2.18. The lowest BCUT2D eigenvalue weighted by Crippen LogP contribution is -2.35. The molecule has 0 aromatic carbocycles. The molecule has 3 atom stereocenters. The highest BCUT2D eigenvalue weighted by molar-refractivity contribution is 6.30. The highest BCUT2D eigenvalue weighted by Crippen LogP contribution is 2.19. The summed E-state index contributed by atoms with van der Waals surface area (Å²) < 4.78 is 11.2. The summed E-state index contributed by atoms with van der Waals surface area (Å²) in [6, 6.07) is 0. The van der Waals surface area contributed by atoms with E-state index in [2.05, 4.69) is 0 Å². The first-order chi connectivity index (χ1) is 8.13. The van der Waals surface area contributed by atoms with Crippen molar-refractivity contribution in [2.45, 2.75) is 44.8 Å². The maximum absolute atomic E-state index is 12.0. The number of likely N-dealkylation sites (tertiary alicyclic amines) is 1. The maximum Gasteiger partial charge on any atom is 0.240 e. The molecule has 0 aromatic rings. The van der Waals surface area contributed by atoms with Crippen LogP contribution in [0.15, 0.2) is 0 Å². The third kappa shape index (κ3) is 3.83. The van der Waals surface area contributed by atoms with Crippen LogP contribution in [0, 0.1) is 0 Å². The van der Waals surface area contributed by atoms with Crippen LogP contribution in [0.4, 0.5) is 0 Å². The van der Waals surface area contributed by atoms with Gasteiger partial charge in [0.2, 0.25) is 5.91 Å². The zero-order chi connectivity index (χ0) is 12.8. The summed E-state index contributed by atoms with van der Waals surface area (Å²) in [7, 11) is 0. The minimum atomic E-state index is -0.433. The summed E-state index contributed by atoms with van der Waals surface area (Å²) >= 11 is 5.97. The Bertz CT molecular complexity index is 236. The van der Waals surface area contributed by atoms with Gasteiger partial charge in [0.15, 0.2) is 0 Å². The number of hydrogen-bond acceptors (Lipinski definition) is 3. The molecule has 0 bridgehead atoms. The van der Waals surface area contributed by atoms with Crippen molar-refractivity contribution in [2.75, 3.05) is 26.3 Å². The van der Waals surface area contributed by atoms with Crippen molar-refractivity contribution >= 4 is 17.5 Å². The molecule has 1 aliphatic rings. The van der Waals surface area contributed by atoms with Gasteiger partial charge in [-0.15, -0.1) is 11.6 Å². The van der Waals surface area contributed by atoms with Gasteiger partial charge < -0.3 is 14.4 Å². The summed E-state index contributed by atoms with van der Waals surface area (Å²) in [5, 5.41) is -0.433. The zero-order valence-corrected chi connectivity index (χ0v) is 11.6. The molecule has 17 heavy (non-hydrogen) atoms. The topological polar surface area (TPSA) is 38.8 Å². The standard InChI is InChI=1S/C12H22ClNO3/c1-4-9(13)12(15)14-7-10(16-5-2)11(8-14)17-6-3/h9-11H,4-8H2,1-3H3/t9-,10+,11+/m0/s1. The van der Waals surface area contributed by atoms with Crippen LogP contribution in [-0.2, 0) is 14.3 Å². The largest absolute Gasteiger partial charge is 0.374 e. The Balaban J connectivity index is 2.58. The minimum absolute atomic E-state index is 0.0129. The predicted molar refractivity (Wildman–Crippen MR) is 67.3 cm³/mol. The molecule has 1 saturated heterocycles. The number of alkyl halides is 1. The van der Waals surface area contributed by atoms with Gasteiger partial charge in [-0.1, -0.05) is 6.92 Å². The number of nitrogens with zero attached hydrogens (tertiary/aromatic N) is 1. The average Bonchev–Trinajstić information content (AvgIpc) is 2.72. The number of carbonyl (C=O) groups is 1. The van der Waals surface area contributed by atoms with Gasteiger partial charge >= 0.3 is 0 Å². The van der Waals surface area contributed by atoms with Gasteiger partial charge in [0.05, 0.1) is 0 Å². The number of amides is 1. The molecule has 0 aliphatic carbocycles. The lowest BCUT2D eigenvalue weighted by molar-refractivity contribution is -0.130. The molecule has 0 N–H and O–H groups in total. The van der Waals surface area contributed by atoms with Gasteiger partial charge in [-0.2, -0.15) is 0 Å². The molecule has 100 valence electrons. The number of rotatable bonds is 6. The van der Waals surface area contributed by atoms with Gasteiger partial charge in [-0.3, -0.25) is 4.79 Å². The van der Waals surface area contributed by atoms with E-state index in [0.29, 0.717) is 32.7 Å². The fraction of sp³-hybridized carbons (Fsp3) is 0.917. The van der Waals surface area contributed by atoms with E-state index < -0.39 is 5.38 Å². The number of halogens is 1. The maximum atomic E-state index is 12.0. The second kappa shape index (κ2) is 7.19. The van der Waals surface area contributed by atoms with Gasteiger partial charge in [-0.25, -0.2) is 0 Å². The summed E-state index contributed by atoms with van der Waals surface area (Å²) in [5.41, 5.74) is 0. The first-order valence-electron chi connectivity index (χ1n) is 6.30. The van der Waals surface area contributed by atoms with E-state index in [1.807, 2.05) is 20.8 Å². The van der Waals surface area contributed by atoms with E-state index in [-0.39, 0.29) is 18.1 Å². The van der Waals surface area contributed by atoms with Crippen molar-refractivity contribution in [3.8, 4) is 0 Å². The monoisotopic (exact) mass is 263 g/mol. The van der Waals surface area contributed by atoms with E-state index in [1.54, 1.807) is 4.90 Å². The Hall–Kier alpha value is -0.320. The van der Waals surface area contributed by atoms with Crippen LogP contribution in [-0.4, -0.2) is 54.7 Å². The number of ether oxygens (including phenoxy) is 2. The van der Waals surface area contributed by atoms with Crippen molar-refractivity contribution in [3.05, 3.63) is 0 Å². The van der Waals surface area contributed by atoms with E-state index >= 15 is 0 Å². The smallest absolute Gasteiger partial charge is 0.240 e. The second-order valence-electron chi connectivity index (χ2n) is 4.11. The Morgan fingerprint density at radius 1 is 1.24 bits per heavy atom. The summed E-state index contributed by atoms with van der Waals surface area (Å²) in [6.45, 7) is 8.24. The zero-order valence-electron chi connectivity index (χ0n) is 10.8. The van der Waals surface area contributed by atoms with Crippen LogP contribution >= 0.6 is 11.6 Å². The molecule has 0 unspecified atom stereocenters. The van der Waals surface area contributed by atoms with Gasteiger partial charge in [0.25, 0.3) is 0 Å². The average molecular weight is 264 g/mol. The SMILES string of the molecule is CCO[C@@H]1CN(C(=O)[C@@H](Cl)CC)C[C@H]1OCC. The number of hydrogen-bond donors (Lipinski definition) is 0. The fourth-order valence-electron chi connectivity index (χ4n) is 2.04. The van der Waals surface area contributed by atoms with E-state index in [0.717, 1.165) is 0 Å². The van der Waals surface area contributed by atoms with Crippen molar-refractivity contribution in [1.82, 2.24) is 4.90 Å². The molecule has 1 rings (SSSR count). The minimum Gasteiger partial charge on any atom is -0.374 e. The highest BCUT2D eigenvalue weighted by atomic mass is 35.5. The van der Waals surface area contributed by atoms with Gasteiger partial charge in [0, 0.05) is 26.3 Å². The number of carbonyl (C=O) groups excluding carboxylic acids is 1. The van der Waals surface area contributed by atoms with E-state index in [1.165, 1.54) is 0 Å². The van der Waals surface area contributed by atoms with Crippen molar-refractivity contribution in [3.63, 3.8) is 0 Å². The second-order valence-corrected chi connectivity index (χ2v) is 4.63. The Kier molecular flexibility index (Phi) is 6.23. The summed E-state index contributed by atoms with van der Waals surface area (Å²) in [5.74, 6) is -0.0129. The van der Waals surface area contributed by atoms with E-state index in [9.17, 15) is 4.79 Å². The molecule has 1 fully saturated rings. The molecule has 0 aromatic heterocycles. The van der Waals surface area contributed by atoms with Crippen LogP contribution in [0.5, 0.6) is 0 Å². The van der Waals surface area contributed by atoms with Crippen molar-refractivity contribution in [2.24, 2.45) is 0 Å². The first kappa shape index (κ1) is 14.7.